The van der Waals surface area contributed by atoms with Crippen LogP contribution in [0, 0.1) is 18.8 Å². The molecule has 1 N–H and O–H groups in total. The lowest BCUT2D eigenvalue weighted by Crippen LogP contribution is -2.42. The van der Waals surface area contributed by atoms with E-state index in [1.54, 1.807) is 6.92 Å². The monoisotopic (exact) mass is 349 g/mol. The fraction of sp³-hybridized carbons (Fsp3) is 0.615. The number of carbonyl (C=O) groups is 1. The second-order valence-electron chi connectivity index (χ2n) is 5.73. The Labute approximate surface area is 132 Å². The van der Waals surface area contributed by atoms with Gasteiger partial charge in [-0.1, -0.05) is 18.0 Å². The fourth-order valence-corrected chi connectivity index (χ4v) is 7.02. The summed E-state index contributed by atoms with van der Waals surface area (Å²) >= 11 is 6.95. The van der Waals surface area contributed by atoms with Gasteiger partial charge in [-0.15, -0.1) is 11.3 Å². The summed E-state index contributed by atoms with van der Waals surface area (Å²) in [5, 5.41) is 9.47. The van der Waals surface area contributed by atoms with E-state index in [1.807, 2.05) is 0 Å². The van der Waals surface area contributed by atoms with E-state index in [9.17, 15) is 18.3 Å². The number of nitrogens with zero attached hydrogens (tertiary/aromatic N) is 1. The van der Waals surface area contributed by atoms with Gasteiger partial charge in [0, 0.05) is 6.54 Å². The predicted molar refractivity (Wildman–Crippen MR) is 80.2 cm³/mol. The molecule has 2 heterocycles. The van der Waals surface area contributed by atoms with Crippen LogP contribution in [0.3, 0.4) is 0 Å². The van der Waals surface area contributed by atoms with E-state index in [4.69, 9.17) is 11.6 Å². The Hall–Kier alpha value is -0.630. The number of thiophene rings is 1. The maximum atomic E-state index is 12.8. The molecule has 1 saturated heterocycles. The van der Waals surface area contributed by atoms with E-state index >= 15 is 0 Å². The molecule has 116 valence electrons. The van der Waals surface area contributed by atoms with Crippen molar-refractivity contribution in [1.29, 1.82) is 0 Å². The van der Waals surface area contributed by atoms with E-state index < -0.39 is 22.0 Å². The number of hydrogen-bond donors (Lipinski definition) is 1. The molecule has 21 heavy (non-hydrogen) atoms. The van der Waals surface area contributed by atoms with Gasteiger partial charge in [-0.3, -0.25) is 4.79 Å². The van der Waals surface area contributed by atoms with Crippen molar-refractivity contribution in [2.24, 2.45) is 11.8 Å². The first kappa shape index (κ1) is 15.3. The molecular formula is C13H16ClNO4S2. The van der Waals surface area contributed by atoms with Gasteiger partial charge in [0.05, 0.1) is 4.34 Å². The summed E-state index contributed by atoms with van der Waals surface area (Å²) < 4.78 is 27.3. The molecule has 1 aliphatic heterocycles. The van der Waals surface area contributed by atoms with E-state index in [2.05, 4.69) is 0 Å². The summed E-state index contributed by atoms with van der Waals surface area (Å²) in [4.78, 5) is 11.6. The molecule has 1 saturated carbocycles. The molecule has 0 amide bonds. The van der Waals surface area contributed by atoms with Crippen LogP contribution < -0.4 is 0 Å². The van der Waals surface area contributed by atoms with Crippen LogP contribution in [-0.4, -0.2) is 36.4 Å². The number of sulfonamides is 1. The minimum atomic E-state index is -3.79. The Bertz CT molecular complexity index is 665. The smallest absolute Gasteiger partial charge is 0.322 e. The SMILES string of the molecule is Cc1cc(S(=O)(=O)N2CC3CCCC3C2C(=O)O)sc1Cl. The molecule has 0 bridgehead atoms. The standard InChI is InChI=1S/C13H16ClNO4S2/c1-7-5-10(20-12(7)14)21(18,19)15-6-8-3-2-4-9(8)11(15)13(16)17/h5,8-9,11H,2-4,6H2,1H3,(H,16,17). The van der Waals surface area contributed by atoms with Gasteiger partial charge in [-0.2, -0.15) is 4.31 Å². The second kappa shape index (κ2) is 5.22. The van der Waals surface area contributed by atoms with Crippen molar-refractivity contribution in [2.45, 2.75) is 36.4 Å². The van der Waals surface area contributed by atoms with Crippen molar-refractivity contribution < 1.29 is 18.3 Å². The fourth-order valence-electron chi connectivity index (χ4n) is 3.49. The van der Waals surface area contributed by atoms with Gasteiger partial charge in [-0.25, -0.2) is 8.42 Å². The molecule has 1 aromatic rings. The number of carboxylic acids is 1. The van der Waals surface area contributed by atoms with Crippen molar-refractivity contribution in [3.8, 4) is 0 Å². The quantitative estimate of drug-likeness (QED) is 0.910. The van der Waals surface area contributed by atoms with E-state index in [-0.39, 0.29) is 16.0 Å². The van der Waals surface area contributed by atoms with Gasteiger partial charge in [0.15, 0.2) is 0 Å². The third-order valence-corrected chi connectivity index (χ3v) is 8.35. The molecule has 1 aromatic heterocycles. The summed E-state index contributed by atoms with van der Waals surface area (Å²) in [5.41, 5.74) is 0.700. The van der Waals surface area contributed by atoms with Gasteiger partial charge < -0.3 is 5.11 Å². The molecule has 0 spiro atoms. The molecule has 3 atom stereocenters. The third-order valence-electron chi connectivity index (χ3n) is 4.50. The number of fused-ring (bicyclic) bond motifs is 1. The zero-order valence-electron chi connectivity index (χ0n) is 11.5. The number of halogens is 1. The van der Waals surface area contributed by atoms with Crippen LogP contribution in [0.5, 0.6) is 0 Å². The lowest BCUT2D eigenvalue weighted by atomic mass is 9.94. The Morgan fingerprint density at radius 2 is 2.19 bits per heavy atom. The zero-order valence-corrected chi connectivity index (χ0v) is 13.8. The maximum Gasteiger partial charge on any atom is 0.322 e. The first-order valence-electron chi connectivity index (χ1n) is 6.83. The Balaban J connectivity index is 2.00. The zero-order chi connectivity index (χ0) is 15.4. The first-order chi connectivity index (χ1) is 9.82. The largest absolute Gasteiger partial charge is 0.480 e. The van der Waals surface area contributed by atoms with Crippen molar-refractivity contribution >= 4 is 38.9 Å². The van der Waals surface area contributed by atoms with Gasteiger partial charge in [0.1, 0.15) is 10.3 Å². The van der Waals surface area contributed by atoms with Crippen molar-refractivity contribution in [3.63, 3.8) is 0 Å². The minimum absolute atomic E-state index is 0.0613. The molecule has 5 nitrogen and oxygen atoms in total. The van der Waals surface area contributed by atoms with Crippen LogP contribution in [0.4, 0.5) is 0 Å². The number of carboxylic acid groups (broad SMARTS) is 1. The van der Waals surface area contributed by atoms with Crippen LogP contribution in [0.25, 0.3) is 0 Å². The molecule has 3 rings (SSSR count). The maximum absolute atomic E-state index is 12.8. The minimum Gasteiger partial charge on any atom is -0.480 e. The Kier molecular flexibility index (Phi) is 3.80. The lowest BCUT2D eigenvalue weighted by Gasteiger charge is -2.23. The average molecular weight is 350 g/mol. The van der Waals surface area contributed by atoms with Gasteiger partial charge in [-0.05, 0) is 43.2 Å². The summed E-state index contributed by atoms with van der Waals surface area (Å²) in [6.07, 6.45) is 2.68. The van der Waals surface area contributed by atoms with Crippen LogP contribution in [0.1, 0.15) is 24.8 Å². The highest BCUT2D eigenvalue weighted by atomic mass is 35.5. The molecule has 1 aliphatic carbocycles. The summed E-state index contributed by atoms with van der Waals surface area (Å²) in [5.74, 6) is -0.946. The van der Waals surface area contributed by atoms with Crippen LogP contribution in [0.15, 0.2) is 10.3 Å². The highest BCUT2D eigenvalue weighted by Gasteiger charge is 2.52. The Morgan fingerprint density at radius 3 is 2.76 bits per heavy atom. The van der Waals surface area contributed by atoms with E-state index in [0.717, 1.165) is 30.6 Å². The molecule has 2 fully saturated rings. The van der Waals surface area contributed by atoms with Crippen LogP contribution in [0.2, 0.25) is 4.34 Å². The van der Waals surface area contributed by atoms with Crippen molar-refractivity contribution in [2.75, 3.05) is 6.54 Å². The lowest BCUT2D eigenvalue weighted by molar-refractivity contribution is -0.142. The highest BCUT2D eigenvalue weighted by Crippen LogP contribution is 2.45. The number of rotatable bonds is 3. The van der Waals surface area contributed by atoms with E-state index in [0.29, 0.717) is 16.4 Å². The summed E-state index contributed by atoms with van der Waals surface area (Å²) in [7, 11) is -3.79. The van der Waals surface area contributed by atoms with Crippen molar-refractivity contribution in [1.82, 2.24) is 4.31 Å². The molecule has 0 aromatic carbocycles. The molecule has 8 heteroatoms. The van der Waals surface area contributed by atoms with Crippen LogP contribution in [-0.2, 0) is 14.8 Å². The topological polar surface area (TPSA) is 74.7 Å². The molecule has 2 aliphatic rings. The number of aliphatic carboxylic acids is 1. The van der Waals surface area contributed by atoms with Crippen molar-refractivity contribution in [3.05, 3.63) is 16.0 Å². The molecule has 0 radical (unpaired) electrons. The molecular weight excluding hydrogens is 334 g/mol. The third kappa shape index (κ3) is 2.40. The van der Waals surface area contributed by atoms with Gasteiger partial charge >= 0.3 is 5.97 Å². The summed E-state index contributed by atoms with van der Waals surface area (Å²) in [6.45, 7) is 2.05. The highest BCUT2D eigenvalue weighted by molar-refractivity contribution is 7.91. The molecule has 3 unspecified atom stereocenters. The van der Waals surface area contributed by atoms with Crippen LogP contribution >= 0.6 is 22.9 Å². The first-order valence-corrected chi connectivity index (χ1v) is 9.46. The number of hydrogen-bond acceptors (Lipinski definition) is 4. The Morgan fingerprint density at radius 1 is 1.48 bits per heavy atom. The average Bonchev–Trinajstić information content (AvgIpc) is 3.03. The van der Waals surface area contributed by atoms with E-state index in [1.165, 1.54) is 10.4 Å². The normalized spacial score (nSPS) is 29.7. The van der Waals surface area contributed by atoms with Gasteiger partial charge in [0.2, 0.25) is 0 Å². The number of aryl methyl sites for hydroxylation is 1. The predicted octanol–water partition coefficient (Wildman–Crippen LogP) is 2.58. The second-order valence-corrected chi connectivity index (χ2v) is 9.51. The van der Waals surface area contributed by atoms with Gasteiger partial charge in [0.25, 0.3) is 10.0 Å². The summed E-state index contributed by atoms with van der Waals surface area (Å²) in [6, 6.07) is 0.582.